The van der Waals surface area contributed by atoms with E-state index in [9.17, 15) is 4.79 Å². The number of oxazole rings is 1. The van der Waals surface area contributed by atoms with Gasteiger partial charge < -0.3 is 14.5 Å². The number of aryl methyl sites for hydroxylation is 1. The van der Waals surface area contributed by atoms with E-state index in [1.165, 1.54) is 5.56 Å². The Morgan fingerprint density at radius 1 is 1.09 bits per heavy atom. The van der Waals surface area contributed by atoms with E-state index in [0.717, 1.165) is 50.5 Å². The van der Waals surface area contributed by atoms with Crippen molar-refractivity contribution in [2.24, 2.45) is 11.8 Å². The van der Waals surface area contributed by atoms with E-state index in [2.05, 4.69) is 67.2 Å². The van der Waals surface area contributed by atoms with Crippen LogP contribution in [0.4, 0.5) is 0 Å². The Morgan fingerprint density at radius 3 is 2.47 bits per heavy atom. The van der Waals surface area contributed by atoms with Gasteiger partial charge in [-0.3, -0.25) is 9.69 Å². The quantitative estimate of drug-likeness (QED) is 0.562. The second-order valence-electron chi connectivity index (χ2n) is 9.65. The second kappa shape index (κ2) is 12.2. The van der Waals surface area contributed by atoms with Crippen molar-refractivity contribution in [1.29, 1.82) is 0 Å². The molecule has 0 saturated carbocycles. The molecule has 3 rings (SSSR count). The van der Waals surface area contributed by atoms with E-state index in [1.807, 2.05) is 0 Å². The van der Waals surface area contributed by atoms with Gasteiger partial charge in [-0.2, -0.15) is 0 Å². The van der Waals surface area contributed by atoms with Crippen LogP contribution in [0, 0.1) is 11.8 Å². The van der Waals surface area contributed by atoms with Crippen LogP contribution < -0.4 is 5.32 Å². The molecule has 176 valence electrons. The largest absolute Gasteiger partial charge is 0.441 e. The van der Waals surface area contributed by atoms with Crippen molar-refractivity contribution < 1.29 is 13.9 Å². The lowest BCUT2D eigenvalue weighted by Crippen LogP contribution is -2.49. The Bertz CT molecular complexity index is 823. The van der Waals surface area contributed by atoms with E-state index in [0.29, 0.717) is 43.2 Å². The molecule has 0 aliphatic carbocycles. The van der Waals surface area contributed by atoms with Crippen LogP contribution >= 0.6 is 0 Å². The van der Waals surface area contributed by atoms with Gasteiger partial charge in [-0.25, -0.2) is 4.98 Å². The molecule has 0 radical (unpaired) electrons. The summed E-state index contributed by atoms with van der Waals surface area (Å²) in [5, 5.41) is 3.12. The SMILES string of the molecule is CC(C)Cc1ccc(-c2cnc(CCC(=O)NCC(CC(C)C)N3CCOCC3)o2)cc1. The summed E-state index contributed by atoms with van der Waals surface area (Å²) in [6.45, 7) is 13.0. The summed E-state index contributed by atoms with van der Waals surface area (Å²) >= 11 is 0. The molecule has 1 unspecified atom stereocenters. The van der Waals surface area contributed by atoms with Crippen molar-refractivity contribution in [1.82, 2.24) is 15.2 Å². The van der Waals surface area contributed by atoms with Gasteiger partial charge >= 0.3 is 0 Å². The minimum absolute atomic E-state index is 0.0461. The van der Waals surface area contributed by atoms with Gasteiger partial charge in [-0.1, -0.05) is 52.0 Å². The van der Waals surface area contributed by atoms with Crippen molar-refractivity contribution in [3.8, 4) is 11.3 Å². The zero-order chi connectivity index (χ0) is 22.9. The van der Waals surface area contributed by atoms with Crippen molar-refractivity contribution >= 4 is 5.91 Å². The van der Waals surface area contributed by atoms with Gasteiger partial charge in [0.1, 0.15) is 0 Å². The summed E-state index contributed by atoms with van der Waals surface area (Å²) < 4.78 is 11.4. The van der Waals surface area contributed by atoms with Gasteiger partial charge in [0.2, 0.25) is 5.91 Å². The van der Waals surface area contributed by atoms with Gasteiger partial charge in [-0.15, -0.1) is 0 Å². The minimum atomic E-state index is 0.0461. The third-order valence-electron chi connectivity index (χ3n) is 5.84. The van der Waals surface area contributed by atoms with Crippen LogP contribution in [0.15, 0.2) is 34.9 Å². The summed E-state index contributed by atoms with van der Waals surface area (Å²) in [5.41, 5.74) is 2.34. The number of aromatic nitrogens is 1. The predicted molar refractivity (Wildman–Crippen MR) is 127 cm³/mol. The standard InChI is InChI=1S/C26H39N3O3/c1-19(2)15-21-5-7-22(8-6-21)24-18-28-26(32-24)10-9-25(30)27-17-23(16-20(3)4)29-11-13-31-14-12-29/h5-8,18-20,23H,9-17H2,1-4H3,(H,27,30). The number of rotatable bonds is 11. The maximum absolute atomic E-state index is 12.5. The summed E-state index contributed by atoms with van der Waals surface area (Å²) in [6.07, 6.45) is 4.77. The Morgan fingerprint density at radius 2 is 1.81 bits per heavy atom. The molecule has 1 aromatic heterocycles. The highest BCUT2D eigenvalue weighted by molar-refractivity contribution is 5.76. The highest BCUT2D eigenvalue weighted by Crippen LogP contribution is 2.22. The monoisotopic (exact) mass is 441 g/mol. The van der Waals surface area contributed by atoms with Crippen LogP contribution in [0.5, 0.6) is 0 Å². The topological polar surface area (TPSA) is 67.6 Å². The van der Waals surface area contributed by atoms with Crippen molar-refractivity contribution in [3.05, 3.63) is 41.9 Å². The zero-order valence-corrected chi connectivity index (χ0v) is 20.1. The molecule has 1 saturated heterocycles. The van der Waals surface area contributed by atoms with Crippen LogP contribution in [-0.4, -0.2) is 54.7 Å². The first kappa shape index (κ1) is 24.5. The highest BCUT2D eigenvalue weighted by Gasteiger charge is 2.22. The van der Waals surface area contributed by atoms with Gasteiger partial charge in [0.15, 0.2) is 11.7 Å². The third-order valence-corrected chi connectivity index (χ3v) is 5.84. The maximum atomic E-state index is 12.5. The van der Waals surface area contributed by atoms with Crippen LogP contribution in [0.2, 0.25) is 0 Å². The summed E-state index contributed by atoms with van der Waals surface area (Å²) in [7, 11) is 0. The minimum Gasteiger partial charge on any atom is -0.441 e. The molecule has 1 aromatic carbocycles. The predicted octanol–water partition coefficient (Wildman–Crippen LogP) is 4.34. The van der Waals surface area contributed by atoms with E-state index >= 15 is 0 Å². The van der Waals surface area contributed by atoms with Gasteiger partial charge in [0.25, 0.3) is 0 Å². The summed E-state index contributed by atoms with van der Waals surface area (Å²) in [5.74, 6) is 2.63. The number of ether oxygens (including phenoxy) is 1. The molecule has 1 amide bonds. The Kier molecular flexibility index (Phi) is 9.30. The van der Waals surface area contributed by atoms with E-state index in [-0.39, 0.29) is 5.91 Å². The highest BCUT2D eigenvalue weighted by atomic mass is 16.5. The fourth-order valence-corrected chi connectivity index (χ4v) is 4.22. The van der Waals surface area contributed by atoms with Crippen molar-refractivity contribution in [3.63, 3.8) is 0 Å². The molecular weight excluding hydrogens is 402 g/mol. The lowest BCUT2D eigenvalue weighted by atomic mass is 10.0. The first-order chi connectivity index (χ1) is 15.4. The van der Waals surface area contributed by atoms with Gasteiger partial charge in [-0.05, 0) is 30.2 Å². The normalized spacial score (nSPS) is 15.9. The van der Waals surface area contributed by atoms with Crippen LogP contribution in [0.1, 0.15) is 52.0 Å². The third kappa shape index (κ3) is 7.75. The van der Waals surface area contributed by atoms with Crippen molar-refractivity contribution in [2.75, 3.05) is 32.8 Å². The van der Waals surface area contributed by atoms with Crippen LogP contribution in [-0.2, 0) is 22.4 Å². The molecule has 1 N–H and O–H groups in total. The Balaban J connectivity index is 1.46. The van der Waals surface area contributed by atoms with Gasteiger partial charge in [0, 0.05) is 44.1 Å². The van der Waals surface area contributed by atoms with E-state index < -0.39 is 0 Å². The maximum Gasteiger partial charge on any atom is 0.220 e. The number of nitrogens with one attached hydrogen (secondary N) is 1. The van der Waals surface area contributed by atoms with E-state index in [1.54, 1.807) is 6.20 Å². The molecule has 1 aliphatic heterocycles. The summed E-state index contributed by atoms with van der Waals surface area (Å²) in [4.78, 5) is 19.3. The van der Waals surface area contributed by atoms with Gasteiger partial charge in [0.05, 0.1) is 19.4 Å². The molecule has 1 fully saturated rings. The Labute approximate surface area is 192 Å². The fourth-order valence-electron chi connectivity index (χ4n) is 4.22. The summed E-state index contributed by atoms with van der Waals surface area (Å²) in [6, 6.07) is 8.81. The number of benzene rings is 1. The number of morpholine rings is 1. The number of hydrogen-bond acceptors (Lipinski definition) is 5. The average Bonchev–Trinajstić information content (AvgIpc) is 3.25. The molecule has 0 bridgehead atoms. The second-order valence-corrected chi connectivity index (χ2v) is 9.65. The average molecular weight is 442 g/mol. The van der Waals surface area contributed by atoms with Crippen LogP contribution in [0.25, 0.3) is 11.3 Å². The van der Waals surface area contributed by atoms with Crippen LogP contribution in [0.3, 0.4) is 0 Å². The molecule has 2 heterocycles. The molecule has 2 aromatic rings. The molecule has 32 heavy (non-hydrogen) atoms. The first-order valence-electron chi connectivity index (χ1n) is 12.0. The van der Waals surface area contributed by atoms with Crippen molar-refractivity contribution in [2.45, 2.75) is 59.4 Å². The molecule has 6 heteroatoms. The zero-order valence-electron chi connectivity index (χ0n) is 20.1. The molecule has 0 spiro atoms. The van der Waals surface area contributed by atoms with E-state index in [4.69, 9.17) is 9.15 Å². The molecule has 1 aliphatic rings. The lowest BCUT2D eigenvalue weighted by molar-refractivity contribution is -0.121. The molecule has 6 nitrogen and oxygen atoms in total. The number of carbonyl (C=O) groups excluding carboxylic acids is 1. The number of carbonyl (C=O) groups is 1. The number of hydrogen-bond donors (Lipinski definition) is 1. The smallest absolute Gasteiger partial charge is 0.220 e. The first-order valence-corrected chi connectivity index (χ1v) is 12.0. The molecular formula is C26H39N3O3. The Hall–Kier alpha value is -2.18. The lowest BCUT2D eigenvalue weighted by Gasteiger charge is -2.35. The molecule has 1 atom stereocenters. The fraction of sp³-hybridized carbons (Fsp3) is 0.615. The number of amides is 1. The number of nitrogens with zero attached hydrogens (tertiary/aromatic N) is 2.